The number of carbonyl (C=O) groups excluding carboxylic acids is 4. The molecule has 4 rings (SSSR count). The first kappa shape index (κ1) is 29.4. The zero-order valence-corrected chi connectivity index (χ0v) is 23.5. The summed E-state index contributed by atoms with van der Waals surface area (Å²) in [7, 11) is 0. The normalized spacial score (nSPS) is 31.6. The van der Waals surface area contributed by atoms with Gasteiger partial charge in [-0.15, -0.1) is 0 Å². The fraction of sp³-hybridized carbons (Fsp3) is 0.630. The molecule has 3 heterocycles. The van der Waals surface area contributed by atoms with Gasteiger partial charge in [0.1, 0.15) is 23.9 Å². The van der Waals surface area contributed by atoms with Crippen molar-refractivity contribution in [3.8, 4) is 0 Å². The van der Waals surface area contributed by atoms with Gasteiger partial charge in [-0.2, -0.15) is 5.11 Å². The predicted octanol–water partition coefficient (Wildman–Crippen LogP) is 2.00. The monoisotopic (exact) mass is 560 g/mol. The average Bonchev–Trinajstić information content (AvgIpc) is 3.28. The largest absolute Gasteiger partial charge is 0.460 e. The highest BCUT2D eigenvalue weighted by Crippen LogP contribution is 2.44. The van der Waals surface area contributed by atoms with Crippen molar-refractivity contribution < 1.29 is 42.9 Å². The lowest BCUT2D eigenvalue weighted by Gasteiger charge is -2.53. The number of rotatable bonds is 6. The van der Waals surface area contributed by atoms with Crippen molar-refractivity contribution in [1.29, 1.82) is 0 Å². The van der Waals surface area contributed by atoms with Gasteiger partial charge in [-0.3, -0.25) is 19.4 Å². The minimum Gasteiger partial charge on any atom is -0.460 e. The zero-order chi connectivity index (χ0) is 29.2. The second-order valence-corrected chi connectivity index (χ2v) is 11.2. The van der Waals surface area contributed by atoms with Crippen molar-refractivity contribution in [2.24, 2.45) is 10.3 Å². The molecule has 2 saturated heterocycles. The molecule has 7 atom stereocenters. The fourth-order valence-corrected chi connectivity index (χ4v) is 5.36. The Labute approximate surface area is 232 Å². The molecule has 0 aliphatic carbocycles. The molecule has 1 aromatic carbocycles. The van der Waals surface area contributed by atoms with Gasteiger partial charge in [0, 0.05) is 32.8 Å². The van der Waals surface area contributed by atoms with Gasteiger partial charge in [-0.1, -0.05) is 35.6 Å². The molecule has 0 saturated carbocycles. The number of carbonyl (C=O) groups is 4. The predicted molar refractivity (Wildman–Crippen MR) is 137 cm³/mol. The molecule has 1 N–H and O–H groups in total. The maximum atomic E-state index is 13.8. The van der Waals surface area contributed by atoms with Crippen LogP contribution in [-0.4, -0.2) is 83.5 Å². The summed E-state index contributed by atoms with van der Waals surface area (Å²) in [6.07, 6.45) is -3.86. The second-order valence-electron chi connectivity index (χ2n) is 11.2. The molecular formula is C27H36N4O9. The molecule has 0 aromatic heterocycles. The van der Waals surface area contributed by atoms with Crippen molar-refractivity contribution in [3.05, 3.63) is 35.9 Å². The standard InChI is InChI=1S/C27H36N4O9/c1-15(32)29-21-19(37-16(2)33)12-27(25(35)40-26(4,5)6)14-28-30-31(27)22(21)23-20(38-17(3)34)13-36-24(39-23)18-10-8-7-9-11-18/h7-11,19-24H,12-14H2,1-6H3,(H,29,32)/t19-,20-,21-,22-,23-,24-,27+/m1/s1. The lowest BCUT2D eigenvalue weighted by molar-refractivity contribution is -0.284. The van der Waals surface area contributed by atoms with Crippen LogP contribution in [0.3, 0.4) is 0 Å². The summed E-state index contributed by atoms with van der Waals surface area (Å²) < 4.78 is 29.5. The molecule has 0 unspecified atom stereocenters. The molecular weight excluding hydrogens is 524 g/mol. The van der Waals surface area contributed by atoms with Crippen LogP contribution < -0.4 is 5.32 Å². The summed E-state index contributed by atoms with van der Waals surface area (Å²) in [5, 5.41) is 12.8. The molecule has 218 valence electrons. The van der Waals surface area contributed by atoms with Crippen molar-refractivity contribution >= 4 is 23.8 Å². The van der Waals surface area contributed by atoms with E-state index in [1.165, 1.54) is 25.8 Å². The average molecular weight is 561 g/mol. The summed E-state index contributed by atoms with van der Waals surface area (Å²) in [6.45, 7) is 8.92. The summed E-state index contributed by atoms with van der Waals surface area (Å²) >= 11 is 0. The number of ether oxygens (including phenoxy) is 5. The van der Waals surface area contributed by atoms with Crippen LogP contribution in [-0.2, 0) is 42.9 Å². The van der Waals surface area contributed by atoms with Crippen LogP contribution in [0.25, 0.3) is 0 Å². The third-order valence-corrected chi connectivity index (χ3v) is 6.77. The lowest BCUT2D eigenvalue weighted by atomic mass is 9.77. The van der Waals surface area contributed by atoms with Crippen LogP contribution in [0, 0.1) is 0 Å². The van der Waals surface area contributed by atoms with E-state index in [2.05, 4.69) is 15.7 Å². The van der Waals surface area contributed by atoms with E-state index in [-0.39, 0.29) is 19.6 Å². The van der Waals surface area contributed by atoms with Crippen LogP contribution in [0.2, 0.25) is 0 Å². The van der Waals surface area contributed by atoms with Crippen molar-refractivity contribution in [2.75, 3.05) is 13.2 Å². The van der Waals surface area contributed by atoms with E-state index in [0.29, 0.717) is 5.56 Å². The number of esters is 3. The second kappa shape index (κ2) is 11.5. The molecule has 3 aliphatic heterocycles. The highest BCUT2D eigenvalue weighted by atomic mass is 16.7. The SMILES string of the molecule is CC(=O)N[C@H]1[C@H]([C@@H]2O[C@H](c3ccccc3)OC[C@H]2OC(C)=O)N2N=NC[C@]2(C(=O)OC(C)(C)C)C[C@H]1OC(C)=O. The Bertz CT molecular complexity index is 1150. The molecule has 3 aliphatic rings. The Morgan fingerprint density at radius 3 is 2.27 bits per heavy atom. The van der Waals surface area contributed by atoms with E-state index in [1.807, 2.05) is 30.3 Å². The van der Waals surface area contributed by atoms with E-state index in [9.17, 15) is 19.2 Å². The first-order chi connectivity index (χ1) is 18.8. The minimum atomic E-state index is -1.47. The topological polar surface area (TPSA) is 154 Å². The third kappa shape index (κ3) is 6.25. The van der Waals surface area contributed by atoms with Gasteiger partial charge in [0.05, 0.1) is 19.2 Å². The van der Waals surface area contributed by atoms with Crippen LogP contribution >= 0.6 is 0 Å². The van der Waals surface area contributed by atoms with E-state index >= 15 is 0 Å². The van der Waals surface area contributed by atoms with Crippen LogP contribution in [0.5, 0.6) is 0 Å². The molecule has 1 amide bonds. The fourth-order valence-electron chi connectivity index (χ4n) is 5.36. The molecule has 13 heteroatoms. The third-order valence-electron chi connectivity index (χ3n) is 6.77. The number of amides is 1. The number of piperidine rings is 1. The number of hydrogen-bond acceptors (Lipinski definition) is 12. The first-order valence-electron chi connectivity index (χ1n) is 13.1. The Morgan fingerprint density at radius 1 is 1.02 bits per heavy atom. The van der Waals surface area contributed by atoms with Gasteiger partial charge in [0.15, 0.2) is 17.9 Å². The van der Waals surface area contributed by atoms with Crippen molar-refractivity contribution in [3.63, 3.8) is 0 Å². The Morgan fingerprint density at radius 2 is 1.68 bits per heavy atom. The number of hydrogen-bond donors (Lipinski definition) is 1. The van der Waals surface area contributed by atoms with Gasteiger partial charge >= 0.3 is 17.9 Å². The van der Waals surface area contributed by atoms with Crippen molar-refractivity contribution in [2.45, 2.75) is 95.8 Å². The molecule has 40 heavy (non-hydrogen) atoms. The summed E-state index contributed by atoms with van der Waals surface area (Å²) in [5.74, 6) is -2.22. The Balaban J connectivity index is 1.83. The van der Waals surface area contributed by atoms with E-state index in [4.69, 9.17) is 23.7 Å². The smallest absolute Gasteiger partial charge is 0.336 e. The van der Waals surface area contributed by atoms with Gasteiger partial charge < -0.3 is 29.0 Å². The minimum absolute atomic E-state index is 0.0459. The maximum absolute atomic E-state index is 13.8. The van der Waals surface area contributed by atoms with E-state index < -0.39 is 71.6 Å². The highest BCUT2D eigenvalue weighted by molar-refractivity contribution is 5.83. The van der Waals surface area contributed by atoms with Crippen LogP contribution in [0.15, 0.2) is 40.7 Å². The molecule has 0 radical (unpaired) electrons. The van der Waals surface area contributed by atoms with Crippen molar-refractivity contribution in [1.82, 2.24) is 10.3 Å². The van der Waals surface area contributed by atoms with Crippen LogP contribution in [0.1, 0.15) is 59.8 Å². The lowest BCUT2D eigenvalue weighted by Crippen LogP contribution is -2.75. The van der Waals surface area contributed by atoms with Gasteiger partial charge in [-0.25, -0.2) is 4.79 Å². The quantitative estimate of drug-likeness (QED) is 0.404. The first-order valence-corrected chi connectivity index (χ1v) is 13.1. The van der Waals surface area contributed by atoms with E-state index in [1.54, 1.807) is 20.8 Å². The number of benzene rings is 1. The summed E-state index contributed by atoms with van der Waals surface area (Å²) in [4.78, 5) is 50.6. The molecule has 0 spiro atoms. The molecule has 1 aromatic rings. The van der Waals surface area contributed by atoms with Crippen LogP contribution in [0.4, 0.5) is 0 Å². The molecule has 0 bridgehead atoms. The highest BCUT2D eigenvalue weighted by Gasteiger charge is 2.64. The van der Waals surface area contributed by atoms with Gasteiger partial charge in [-0.05, 0) is 20.8 Å². The number of fused-ring (bicyclic) bond motifs is 1. The number of nitrogens with one attached hydrogen (secondary N) is 1. The van der Waals surface area contributed by atoms with Gasteiger partial charge in [0.25, 0.3) is 0 Å². The Hall–Kier alpha value is -3.58. The zero-order valence-electron chi connectivity index (χ0n) is 23.5. The summed E-state index contributed by atoms with van der Waals surface area (Å²) in [5.41, 5.74) is -1.61. The summed E-state index contributed by atoms with van der Waals surface area (Å²) in [6, 6.07) is 7.24. The number of nitrogens with zero attached hydrogens (tertiary/aromatic N) is 3. The van der Waals surface area contributed by atoms with Gasteiger partial charge in [0.2, 0.25) is 5.91 Å². The van der Waals surface area contributed by atoms with E-state index in [0.717, 1.165) is 0 Å². The molecule has 13 nitrogen and oxygen atoms in total. The Kier molecular flexibility index (Phi) is 8.45. The molecule has 2 fully saturated rings. The maximum Gasteiger partial charge on any atom is 0.336 e.